The van der Waals surface area contributed by atoms with Crippen molar-refractivity contribution in [2.75, 3.05) is 0 Å². The lowest BCUT2D eigenvalue weighted by atomic mass is 9.97. The molecule has 0 saturated heterocycles. The number of carbonyl (C=O) groups excluding carboxylic acids is 1. The van der Waals surface area contributed by atoms with E-state index in [4.69, 9.17) is 5.11 Å². The van der Waals surface area contributed by atoms with Gasteiger partial charge in [-0.3, -0.25) is 9.89 Å². The molecule has 0 aliphatic heterocycles. The van der Waals surface area contributed by atoms with Gasteiger partial charge in [0.1, 0.15) is 11.5 Å². The number of aliphatic carboxylic acids is 1. The van der Waals surface area contributed by atoms with E-state index in [1.165, 1.54) is 18.2 Å². The molecular weight excluding hydrogens is 449 g/mol. The number of nitrogens with one attached hydrogen (secondary N) is 2. The lowest BCUT2D eigenvalue weighted by Gasteiger charge is -2.20. The predicted octanol–water partition coefficient (Wildman–Crippen LogP) is 4.06. The molecule has 3 aromatic carbocycles. The second-order valence-corrected chi connectivity index (χ2v) is 8.20. The SMILES string of the molecule is O=C(NC(Cc1ccc(-c2ccccc2)cc1)CC(O)C(=O)O)c1cc(-c2ccc(F)cc2)n[nH]1. The van der Waals surface area contributed by atoms with Gasteiger partial charge >= 0.3 is 5.97 Å². The van der Waals surface area contributed by atoms with Gasteiger partial charge in [-0.15, -0.1) is 0 Å². The second kappa shape index (κ2) is 10.8. The van der Waals surface area contributed by atoms with E-state index in [-0.39, 0.29) is 17.9 Å². The molecule has 0 aliphatic rings. The first-order valence-electron chi connectivity index (χ1n) is 11.1. The smallest absolute Gasteiger partial charge is 0.332 e. The number of aromatic nitrogens is 2. The number of hydrogen-bond acceptors (Lipinski definition) is 4. The van der Waals surface area contributed by atoms with E-state index in [9.17, 15) is 19.1 Å². The fourth-order valence-electron chi connectivity index (χ4n) is 3.78. The Bertz CT molecular complexity index is 1290. The molecule has 1 amide bonds. The van der Waals surface area contributed by atoms with E-state index in [1.807, 2.05) is 54.6 Å². The van der Waals surface area contributed by atoms with Gasteiger partial charge < -0.3 is 15.5 Å². The Labute approximate surface area is 201 Å². The third-order valence-electron chi connectivity index (χ3n) is 5.63. The number of benzene rings is 3. The summed E-state index contributed by atoms with van der Waals surface area (Å²) >= 11 is 0. The van der Waals surface area contributed by atoms with E-state index in [0.717, 1.165) is 16.7 Å². The maximum Gasteiger partial charge on any atom is 0.332 e. The van der Waals surface area contributed by atoms with Gasteiger partial charge in [-0.1, -0.05) is 54.6 Å². The summed E-state index contributed by atoms with van der Waals surface area (Å²) in [5, 5.41) is 28.6. The van der Waals surface area contributed by atoms with Crippen LogP contribution in [0.3, 0.4) is 0 Å². The average molecular weight is 474 g/mol. The molecule has 0 bridgehead atoms. The molecule has 0 saturated carbocycles. The summed E-state index contributed by atoms with van der Waals surface area (Å²) in [6, 6.07) is 24.2. The summed E-state index contributed by atoms with van der Waals surface area (Å²) in [7, 11) is 0. The molecule has 1 aromatic heterocycles. The van der Waals surface area contributed by atoms with Gasteiger partial charge in [-0.05, 0) is 53.4 Å². The number of carboxylic acid groups (broad SMARTS) is 1. The fraction of sp³-hybridized carbons (Fsp3) is 0.148. The zero-order valence-electron chi connectivity index (χ0n) is 18.7. The highest BCUT2D eigenvalue weighted by atomic mass is 19.1. The predicted molar refractivity (Wildman–Crippen MR) is 129 cm³/mol. The monoisotopic (exact) mass is 473 g/mol. The highest BCUT2D eigenvalue weighted by Crippen LogP contribution is 2.21. The molecule has 1 heterocycles. The van der Waals surface area contributed by atoms with Crippen molar-refractivity contribution in [2.24, 2.45) is 0 Å². The van der Waals surface area contributed by atoms with Crippen LogP contribution in [0.1, 0.15) is 22.5 Å². The number of amides is 1. The Balaban J connectivity index is 1.48. The number of aliphatic hydroxyl groups is 1. The van der Waals surface area contributed by atoms with E-state index in [0.29, 0.717) is 17.7 Å². The number of carboxylic acids is 1. The van der Waals surface area contributed by atoms with Gasteiger partial charge in [0.25, 0.3) is 5.91 Å². The van der Waals surface area contributed by atoms with Crippen molar-refractivity contribution in [1.82, 2.24) is 15.5 Å². The minimum absolute atomic E-state index is 0.165. The van der Waals surface area contributed by atoms with Gasteiger partial charge in [0.2, 0.25) is 0 Å². The lowest BCUT2D eigenvalue weighted by molar-refractivity contribution is -0.147. The number of nitrogens with zero attached hydrogens (tertiary/aromatic N) is 1. The summed E-state index contributed by atoms with van der Waals surface area (Å²) < 4.78 is 13.2. The van der Waals surface area contributed by atoms with E-state index in [1.54, 1.807) is 12.1 Å². The molecule has 7 nitrogen and oxygen atoms in total. The van der Waals surface area contributed by atoms with Crippen molar-refractivity contribution in [1.29, 1.82) is 0 Å². The maximum atomic E-state index is 13.2. The van der Waals surface area contributed by atoms with E-state index in [2.05, 4.69) is 15.5 Å². The summed E-state index contributed by atoms with van der Waals surface area (Å²) in [6.07, 6.45) is -1.47. The van der Waals surface area contributed by atoms with Crippen molar-refractivity contribution >= 4 is 11.9 Å². The van der Waals surface area contributed by atoms with Crippen molar-refractivity contribution in [3.63, 3.8) is 0 Å². The molecule has 35 heavy (non-hydrogen) atoms. The Hall–Kier alpha value is -4.30. The summed E-state index contributed by atoms with van der Waals surface area (Å²) in [5.41, 5.74) is 4.25. The third-order valence-corrected chi connectivity index (χ3v) is 5.63. The Morgan fingerprint density at radius 1 is 0.914 bits per heavy atom. The third kappa shape index (κ3) is 6.18. The number of hydrogen-bond donors (Lipinski definition) is 4. The molecule has 8 heteroatoms. The second-order valence-electron chi connectivity index (χ2n) is 8.20. The molecule has 4 aromatic rings. The zero-order valence-corrected chi connectivity index (χ0v) is 18.7. The van der Waals surface area contributed by atoms with Crippen molar-refractivity contribution in [3.8, 4) is 22.4 Å². The highest BCUT2D eigenvalue weighted by Gasteiger charge is 2.23. The van der Waals surface area contributed by atoms with Crippen molar-refractivity contribution in [3.05, 3.63) is 102 Å². The van der Waals surface area contributed by atoms with Gasteiger partial charge in [0.15, 0.2) is 6.10 Å². The van der Waals surface area contributed by atoms with Crippen LogP contribution in [-0.2, 0) is 11.2 Å². The van der Waals surface area contributed by atoms with Crippen LogP contribution in [0.2, 0.25) is 0 Å². The topological polar surface area (TPSA) is 115 Å². The molecule has 2 atom stereocenters. The van der Waals surface area contributed by atoms with Crippen LogP contribution in [0.5, 0.6) is 0 Å². The molecule has 0 spiro atoms. The van der Waals surface area contributed by atoms with Crippen LogP contribution in [-0.4, -0.2) is 44.4 Å². The van der Waals surface area contributed by atoms with Crippen LogP contribution < -0.4 is 5.32 Å². The molecule has 4 N–H and O–H groups in total. The largest absolute Gasteiger partial charge is 0.479 e. The van der Waals surface area contributed by atoms with Crippen LogP contribution >= 0.6 is 0 Å². The molecule has 2 unspecified atom stereocenters. The fourth-order valence-corrected chi connectivity index (χ4v) is 3.78. The average Bonchev–Trinajstić information content (AvgIpc) is 3.36. The van der Waals surface area contributed by atoms with Gasteiger partial charge in [0.05, 0.1) is 5.69 Å². The quantitative estimate of drug-likeness (QED) is 0.293. The first-order valence-corrected chi connectivity index (χ1v) is 11.1. The number of aliphatic hydroxyl groups excluding tert-OH is 1. The van der Waals surface area contributed by atoms with Gasteiger partial charge in [0, 0.05) is 18.0 Å². The van der Waals surface area contributed by atoms with Crippen molar-refractivity contribution < 1.29 is 24.2 Å². The van der Waals surface area contributed by atoms with Crippen LogP contribution in [0.25, 0.3) is 22.4 Å². The number of aromatic amines is 1. The van der Waals surface area contributed by atoms with Crippen LogP contribution in [0, 0.1) is 5.82 Å². The Morgan fingerprint density at radius 2 is 1.54 bits per heavy atom. The molecular formula is C27H24FN3O4. The molecule has 0 fully saturated rings. The van der Waals surface area contributed by atoms with Gasteiger partial charge in [-0.25, -0.2) is 9.18 Å². The number of H-pyrrole nitrogens is 1. The number of rotatable bonds is 9. The highest BCUT2D eigenvalue weighted by molar-refractivity contribution is 5.93. The van der Waals surface area contributed by atoms with Crippen LogP contribution in [0.4, 0.5) is 4.39 Å². The van der Waals surface area contributed by atoms with Crippen molar-refractivity contribution in [2.45, 2.75) is 25.0 Å². The van der Waals surface area contributed by atoms with Crippen LogP contribution in [0.15, 0.2) is 84.9 Å². The lowest BCUT2D eigenvalue weighted by Crippen LogP contribution is -2.40. The normalized spacial score (nSPS) is 12.6. The standard InChI is InChI=1S/C27H24FN3O4/c28-21-12-10-20(11-13-21)23-16-24(31-30-23)26(33)29-22(15-25(32)27(34)35)14-17-6-8-19(9-7-17)18-4-2-1-3-5-18/h1-13,16,22,25,32H,14-15H2,(H,29,33)(H,30,31)(H,34,35). The Morgan fingerprint density at radius 3 is 2.20 bits per heavy atom. The number of halogens is 1. The van der Waals surface area contributed by atoms with Gasteiger partial charge in [-0.2, -0.15) is 5.10 Å². The Kier molecular flexibility index (Phi) is 7.32. The van der Waals surface area contributed by atoms with E-state index >= 15 is 0 Å². The zero-order chi connectivity index (χ0) is 24.8. The first-order chi connectivity index (χ1) is 16.9. The first kappa shape index (κ1) is 23.8. The molecule has 0 radical (unpaired) electrons. The van der Waals surface area contributed by atoms with E-state index < -0.39 is 24.0 Å². The summed E-state index contributed by atoms with van der Waals surface area (Å²) in [5.74, 6) is -2.22. The molecule has 178 valence electrons. The minimum atomic E-state index is -1.62. The molecule has 0 aliphatic carbocycles. The minimum Gasteiger partial charge on any atom is -0.479 e. The summed E-state index contributed by atoms with van der Waals surface area (Å²) in [6.45, 7) is 0. The maximum absolute atomic E-state index is 13.2. The number of carbonyl (C=O) groups is 2. The molecule has 4 rings (SSSR count). The summed E-state index contributed by atoms with van der Waals surface area (Å²) in [4.78, 5) is 24.1.